The van der Waals surface area contributed by atoms with E-state index in [-0.39, 0.29) is 22.7 Å². The first kappa shape index (κ1) is 40.2. The molecule has 0 aliphatic carbocycles. The fraction of sp³-hybridized carbons (Fsp3) is 0.186. The van der Waals surface area contributed by atoms with Gasteiger partial charge in [-0.15, -0.1) is 5.10 Å². The zero-order chi connectivity index (χ0) is 41.7. The maximum Gasteiger partial charge on any atom is 0.527 e. The standard InChI is InChI=1S/C43H38FN6O9P/c1-54-32-22-18-30(19-23-32)43(29-14-8-4-9-15-29,31-20-24-33(55-2)25-21-31)56-26-35-38(59-60(52,53)58-34-16-10-5-11-17-34)36(44)42(57-35)50-40-37(48-49-50)39(45-27-46-40)47-41(51)28-12-6-3-7-13-28/h3-25,27,35-36,38,42H,26H2,1-2H3,(H,52,53)(H,45,46,47,51)/t35-,36+,38-,42-/m1/s1. The second-order valence-corrected chi connectivity index (χ2v) is 14.8. The van der Waals surface area contributed by atoms with Crippen molar-refractivity contribution in [3.63, 3.8) is 0 Å². The predicted molar refractivity (Wildman–Crippen MR) is 216 cm³/mol. The number of rotatable bonds is 15. The van der Waals surface area contributed by atoms with Crippen molar-refractivity contribution in [1.82, 2.24) is 25.0 Å². The number of phosphoric ester groups is 1. The third-order valence-electron chi connectivity index (χ3n) is 9.89. The molecule has 1 aliphatic rings. The van der Waals surface area contributed by atoms with Crippen LogP contribution in [0.5, 0.6) is 17.2 Å². The molecule has 1 amide bonds. The quantitative estimate of drug-likeness (QED) is 0.0778. The van der Waals surface area contributed by atoms with Crippen LogP contribution < -0.4 is 19.3 Å². The molecule has 17 heteroatoms. The van der Waals surface area contributed by atoms with Crippen molar-refractivity contribution in [3.8, 4) is 17.2 Å². The lowest BCUT2D eigenvalue weighted by molar-refractivity contribution is -0.0950. The number of carbonyl (C=O) groups is 1. The summed E-state index contributed by atoms with van der Waals surface area (Å²) >= 11 is 0. The Balaban J connectivity index is 1.18. The number of carbonyl (C=O) groups excluding carboxylic acids is 1. The van der Waals surface area contributed by atoms with Gasteiger partial charge in [0, 0.05) is 5.56 Å². The molecule has 2 aromatic heterocycles. The maximum absolute atomic E-state index is 17.1. The van der Waals surface area contributed by atoms with Crippen LogP contribution in [0.15, 0.2) is 146 Å². The molecule has 306 valence electrons. The van der Waals surface area contributed by atoms with Crippen LogP contribution >= 0.6 is 7.82 Å². The summed E-state index contributed by atoms with van der Waals surface area (Å²) in [4.78, 5) is 32.5. The predicted octanol–water partition coefficient (Wildman–Crippen LogP) is 7.30. The van der Waals surface area contributed by atoms with Gasteiger partial charge in [-0.1, -0.05) is 96.2 Å². The molecule has 8 rings (SSSR count). The molecule has 0 bridgehead atoms. The lowest BCUT2D eigenvalue weighted by Gasteiger charge is -2.37. The first-order valence-electron chi connectivity index (χ1n) is 18.7. The summed E-state index contributed by atoms with van der Waals surface area (Å²) < 4.78 is 67.1. The lowest BCUT2D eigenvalue weighted by Crippen LogP contribution is -2.40. The minimum atomic E-state index is -5.02. The van der Waals surface area contributed by atoms with Crippen molar-refractivity contribution in [2.75, 3.05) is 26.1 Å². The van der Waals surface area contributed by atoms with Gasteiger partial charge in [-0.05, 0) is 65.2 Å². The number of benzene rings is 5. The van der Waals surface area contributed by atoms with E-state index in [1.165, 1.54) is 12.1 Å². The van der Waals surface area contributed by atoms with E-state index in [0.717, 1.165) is 11.0 Å². The van der Waals surface area contributed by atoms with E-state index in [4.69, 9.17) is 28.0 Å². The van der Waals surface area contributed by atoms with E-state index in [1.54, 1.807) is 87.0 Å². The minimum Gasteiger partial charge on any atom is -0.497 e. The van der Waals surface area contributed by atoms with Crippen LogP contribution in [0.3, 0.4) is 0 Å². The van der Waals surface area contributed by atoms with Crippen LogP contribution in [0.2, 0.25) is 0 Å². The maximum atomic E-state index is 17.1. The molecule has 60 heavy (non-hydrogen) atoms. The van der Waals surface area contributed by atoms with E-state index < -0.39 is 50.5 Å². The number of hydrogen-bond donors (Lipinski definition) is 2. The van der Waals surface area contributed by atoms with Gasteiger partial charge in [0.15, 0.2) is 29.4 Å². The monoisotopic (exact) mass is 832 g/mol. The number of nitrogens with one attached hydrogen (secondary N) is 1. The first-order chi connectivity index (χ1) is 29.2. The number of para-hydroxylation sites is 1. The average Bonchev–Trinajstić information content (AvgIpc) is 3.85. The number of halogens is 1. The van der Waals surface area contributed by atoms with E-state index in [9.17, 15) is 14.3 Å². The number of anilines is 1. The number of alkyl halides is 1. The van der Waals surface area contributed by atoms with Crippen LogP contribution in [0.1, 0.15) is 33.3 Å². The van der Waals surface area contributed by atoms with Gasteiger partial charge in [0.25, 0.3) is 5.91 Å². The second-order valence-electron chi connectivity index (χ2n) is 13.5. The Hall–Kier alpha value is -6.55. The molecule has 15 nitrogen and oxygen atoms in total. The zero-order valence-electron chi connectivity index (χ0n) is 32.1. The number of ether oxygens (including phenoxy) is 4. The number of methoxy groups -OCH3 is 2. The second kappa shape index (κ2) is 17.4. The highest BCUT2D eigenvalue weighted by Gasteiger charge is 2.53. The SMILES string of the molecule is COc1ccc(C(OC[C@H]2O[C@@H](n3nnc4c(NC(=O)c5ccccc5)ncnc43)[C@@H](F)[C@@H]2OP(=O)(O)Oc2ccccc2)(c2ccccc2)c2ccc(OC)cc2)cc1. The van der Waals surface area contributed by atoms with Gasteiger partial charge < -0.3 is 28.8 Å². The van der Waals surface area contributed by atoms with Gasteiger partial charge in [-0.3, -0.25) is 14.2 Å². The van der Waals surface area contributed by atoms with Gasteiger partial charge in [-0.2, -0.15) is 4.68 Å². The molecule has 0 spiro atoms. The zero-order valence-corrected chi connectivity index (χ0v) is 33.0. The molecule has 1 aliphatic heterocycles. The average molecular weight is 833 g/mol. The molecular formula is C43H38FN6O9P. The highest BCUT2D eigenvalue weighted by molar-refractivity contribution is 7.47. The van der Waals surface area contributed by atoms with Crippen LogP contribution in [-0.2, 0) is 24.2 Å². The Bertz CT molecular complexity index is 2540. The number of aromatic nitrogens is 5. The summed E-state index contributed by atoms with van der Waals surface area (Å²) in [6.45, 7) is -0.403. The Morgan fingerprint density at radius 1 is 0.800 bits per heavy atom. The molecule has 0 radical (unpaired) electrons. The summed E-state index contributed by atoms with van der Waals surface area (Å²) in [6, 6.07) is 40.3. The Labute approximate surface area is 343 Å². The molecule has 5 atom stereocenters. The third kappa shape index (κ3) is 8.19. The van der Waals surface area contributed by atoms with Crippen molar-refractivity contribution >= 4 is 30.7 Å². The van der Waals surface area contributed by atoms with Crippen molar-refractivity contribution < 1.29 is 46.6 Å². The van der Waals surface area contributed by atoms with Crippen molar-refractivity contribution in [2.24, 2.45) is 0 Å². The summed E-state index contributed by atoms with van der Waals surface area (Å²) in [5, 5.41) is 11.0. The number of hydrogen-bond acceptors (Lipinski definition) is 12. The topological polar surface area (TPSA) is 178 Å². The molecule has 1 unspecified atom stereocenters. The van der Waals surface area contributed by atoms with Gasteiger partial charge in [0.05, 0.1) is 20.8 Å². The van der Waals surface area contributed by atoms with Gasteiger partial charge in [0.2, 0.25) is 0 Å². The molecule has 5 aromatic carbocycles. The summed E-state index contributed by atoms with van der Waals surface area (Å²) in [5.74, 6) is 0.783. The van der Waals surface area contributed by atoms with E-state index in [0.29, 0.717) is 33.8 Å². The van der Waals surface area contributed by atoms with Gasteiger partial charge in [0.1, 0.15) is 41.4 Å². The number of fused-ring (bicyclic) bond motifs is 1. The molecule has 1 fully saturated rings. The number of nitrogens with zero attached hydrogens (tertiary/aromatic N) is 5. The number of phosphoric acid groups is 1. The van der Waals surface area contributed by atoms with Crippen LogP contribution in [-0.4, -0.2) is 75.0 Å². The number of amides is 1. The first-order valence-corrected chi connectivity index (χ1v) is 20.1. The molecule has 7 aromatic rings. The van der Waals surface area contributed by atoms with Crippen molar-refractivity contribution in [3.05, 3.63) is 168 Å². The minimum absolute atomic E-state index is 0.00384. The van der Waals surface area contributed by atoms with Gasteiger partial charge >= 0.3 is 7.82 Å². The Morgan fingerprint density at radius 2 is 1.37 bits per heavy atom. The normalized spacial score (nSPS) is 18.7. The molecular weight excluding hydrogens is 794 g/mol. The van der Waals surface area contributed by atoms with E-state index in [2.05, 4.69) is 25.6 Å². The van der Waals surface area contributed by atoms with Crippen LogP contribution in [0.4, 0.5) is 10.2 Å². The largest absolute Gasteiger partial charge is 0.527 e. The fourth-order valence-corrected chi connectivity index (χ4v) is 8.01. The molecule has 0 saturated carbocycles. The van der Waals surface area contributed by atoms with Gasteiger partial charge in [-0.25, -0.2) is 18.9 Å². The van der Waals surface area contributed by atoms with Crippen molar-refractivity contribution in [2.45, 2.75) is 30.2 Å². The molecule has 2 N–H and O–H groups in total. The Kier molecular flexibility index (Phi) is 11.6. The Morgan fingerprint density at radius 3 is 1.97 bits per heavy atom. The summed E-state index contributed by atoms with van der Waals surface area (Å²) in [7, 11) is -1.89. The van der Waals surface area contributed by atoms with E-state index in [1.807, 2.05) is 54.6 Å². The fourth-order valence-electron chi connectivity index (χ4n) is 7.02. The summed E-state index contributed by atoms with van der Waals surface area (Å²) in [6.07, 6.45) is -5.77. The van der Waals surface area contributed by atoms with E-state index >= 15 is 4.39 Å². The third-order valence-corrected chi connectivity index (χ3v) is 10.8. The molecule has 1 saturated heterocycles. The van der Waals surface area contributed by atoms with Crippen molar-refractivity contribution in [1.29, 1.82) is 0 Å². The molecule has 3 heterocycles. The van der Waals surface area contributed by atoms with Crippen LogP contribution in [0, 0.1) is 0 Å². The lowest BCUT2D eigenvalue weighted by atomic mass is 9.80. The smallest absolute Gasteiger partial charge is 0.497 e. The highest BCUT2D eigenvalue weighted by Crippen LogP contribution is 2.50. The summed E-state index contributed by atoms with van der Waals surface area (Å²) in [5.41, 5.74) is 1.08. The van der Waals surface area contributed by atoms with Crippen LogP contribution in [0.25, 0.3) is 11.2 Å². The highest BCUT2D eigenvalue weighted by atomic mass is 31.2.